The Bertz CT molecular complexity index is 2970. The predicted molar refractivity (Wildman–Crippen MR) is 220 cm³/mol. The Morgan fingerprint density at radius 2 is 1.11 bits per heavy atom. The van der Waals surface area contributed by atoms with Crippen molar-refractivity contribution < 1.29 is 22.0 Å². The lowest BCUT2D eigenvalue weighted by atomic mass is 9.63. The van der Waals surface area contributed by atoms with Gasteiger partial charge in [-0.15, -0.1) is 0 Å². The first kappa shape index (κ1) is 35.5. The minimum absolute atomic E-state index is 0.0930. The summed E-state index contributed by atoms with van der Waals surface area (Å²) in [6.45, 7) is 9.45. The van der Waals surface area contributed by atoms with Crippen molar-refractivity contribution in [1.82, 2.24) is 9.13 Å². The van der Waals surface area contributed by atoms with Crippen LogP contribution in [0.3, 0.4) is 0 Å². The first-order chi connectivity index (χ1) is 27.3. The van der Waals surface area contributed by atoms with Gasteiger partial charge < -0.3 is 9.13 Å². The number of hydrogen-bond acceptors (Lipinski definition) is 0. The number of para-hydroxylation sites is 2. The Kier molecular flexibility index (Phi) is 7.79. The number of fused-ring (bicyclic) bond motifs is 7. The van der Waals surface area contributed by atoms with Crippen LogP contribution in [0.25, 0.3) is 61.3 Å². The van der Waals surface area contributed by atoms with Crippen LogP contribution in [-0.2, 0) is 17.3 Å². The Hall–Kier alpha value is -5.95. The fourth-order valence-electron chi connectivity index (χ4n) is 9.57. The molecule has 0 fully saturated rings. The van der Waals surface area contributed by atoms with E-state index in [-0.39, 0.29) is 22.3 Å². The molecular weight excluding hydrogens is 724 g/mol. The maximum atomic E-state index is 14.7. The Labute approximate surface area is 327 Å². The molecule has 0 bridgehead atoms. The zero-order valence-electron chi connectivity index (χ0n) is 32.0. The summed E-state index contributed by atoms with van der Waals surface area (Å²) in [6, 6.07) is 36.7. The topological polar surface area (TPSA) is 9.86 Å². The van der Waals surface area contributed by atoms with Crippen molar-refractivity contribution in [1.29, 1.82) is 0 Å². The van der Waals surface area contributed by atoms with Gasteiger partial charge in [0.15, 0.2) is 23.3 Å². The first-order valence-electron chi connectivity index (χ1n) is 19.5. The molecule has 57 heavy (non-hydrogen) atoms. The van der Waals surface area contributed by atoms with E-state index in [9.17, 15) is 22.0 Å². The summed E-state index contributed by atoms with van der Waals surface area (Å²) >= 11 is 0. The summed E-state index contributed by atoms with van der Waals surface area (Å²) in [5.74, 6) is -9.72. The maximum Gasteiger partial charge on any atom is 0.200 e. The zero-order chi connectivity index (χ0) is 39.5. The maximum absolute atomic E-state index is 14.7. The summed E-state index contributed by atoms with van der Waals surface area (Å²) in [5.41, 5.74) is 10.6. The van der Waals surface area contributed by atoms with Crippen molar-refractivity contribution in [3.05, 3.63) is 172 Å². The van der Waals surface area contributed by atoms with Crippen LogP contribution in [0.1, 0.15) is 74.4 Å². The Morgan fingerprint density at radius 3 is 1.81 bits per heavy atom. The normalized spacial score (nSPS) is 17.0. The molecule has 2 nitrogen and oxygen atoms in total. The Balaban J connectivity index is 1.04. The number of hydrogen-bond donors (Lipinski definition) is 0. The molecule has 0 saturated carbocycles. The van der Waals surface area contributed by atoms with E-state index in [2.05, 4.69) is 116 Å². The van der Waals surface area contributed by atoms with E-state index in [1.54, 1.807) is 12.1 Å². The monoisotopic (exact) mass is 762 g/mol. The van der Waals surface area contributed by atoms with Gasteiger partial charge in [0.25, 0.3) is 0 Å². The number of halogens is 5. The van der Waals surface area contributed by atoms with Crippen LogP contribution in [-0.4, -0.2) is 9.13 Å². The average molecular weight is 763 g/mol. The van der Waals surface area contributed by atoms with Gasteiger partial charge in [-0.3, -0.25) is 0 Å². The summed E-state index contributed by atoms with van der Waals surface area (Å²) in [4.78, 5) is 0. The molecule has 2 aliphatic carbocycles. The smallest absolute Gasteiger partial charge is 0.200 e. The molecular formula is C50H39F5N2. The van der Waals surface area contributed by atoms with E-state index < -0.39 is 34.6 Å². The van der Waals surface area contributed by atoms with E-state index in [1.165, 1.54) is 68.3 Å². The summed E-state index contributed by atoms with van der Waals surface area (Å²) < 4.78 is 75.7. The van der Waals surface area contributed by atoms with Gasteiger partial charge in [0.2, 0.25) is 5.82 Å². The zero-order valence-corrected chi connectivity index (χ0v) is 32.0. The number of rotatable bonds is 4. The van der Waals surface area contributed by atoms with E-state index in [4.69, 9.17) is 0 Å². The SMILES string of the molecule is CC1(C)CCC(C)(C)c2cc(-n3c4ccccc4c4cc(C5C=Cc6c(c7ccccc7n6-c6ccc(-c7c(F)c(F)c(F)c(F)c7F)cc6)C5)ccc43)ccc21. The van der Waals surface area contributed by atoms with Crippen LogP contribution in [0, 0.1) is 29.1 Å². The second-order valence-electron chi connectivity index (χ2n) is 17.0. The quantitative estimate of drug-likeness (QED) is 0.0960. The third-order valence-corrected chi connectivity index (χ3v) is 12.8. The second kappa shape index (κ2) is 12.5. The predicted octanol–water partition coefficient (Wildman–Crippen LogP) is 13.8. The molecule has 2 aliphatic rings. The molecule has 10 rings (SSSR count). The van der Waals surface area contributed by atoms with Crippen LogP contribution in [0.15, 0.2) is 115 Å². The van der Waals surface area contributed by atoms with E-state index >= 15 is 0 Å². The number of allylic oxidation sites excluding steroid dienone is 1. The van der Waals surface area contributed by atoms with E-state index in [0.717, 1.165) is 29.4 Å². The van der Waals surface area contributed by atoms with Gasteiger partial charge in [0.1, 0.15) is 0 Å². The van der Waals surface area contributed by atoms with Crippen molar-refractivity contribution in [2.75, 3.05) is 0 Å². The second-order valence-corrected chi connectivity index (χ2v) is 17.0. The summed E-state index contributed by atoms with van der Waals surface area (Å²) in [6.07, 6.45) is 7.44. The molecule has 1 atom stereocenters. The molecule has 0 saturated heterocycles. The summed E-state index contributed by atoms with van der Waals surface area (Å²) in [5, 5.41) is 3.50. The van der Waals surface area contributed by atoms with Crippen molar-refractivity contribution >= 4 is 38.8 Å². The molecule has 0 N–H and O–H groups in total. The van der Waals surface area contributed by atoms with Crippen LogP contribution < -0.4 is 0 Å². The van der Waals surface area contributed by atoms with Crippen molar-refractivity contribution in [3.8, 4) is 22.5 Å². The molecule has 0 radical (unpaired) electrons. The third kappa shape index (κ3) is 5.27. The fraction of sp³-hybridized carbons (Fsp3) is 0.200. The summed E-state index contributed by atoms with van der Waals surface area (Å²) in [7, 11) is 0. The van der Waals surface area contributed by atoms with Crippen LogP contribution in [0.2, 0.25) is 0 Å². The van der Waals surface area contributed by atoms with Crippen LogP contribution >= 0.6 is 0 Å². The highest BCUT2D eigenvalue weighted by Gasteiger charge is 2.37. The minimum atomic E-state index is -2.17. The molecule has 8 aromatic rings. The number of aromatic nitrogens is 2. The lowest BCUT2D eigenvalue weighted by molar-refractivity contribution is 0.332. The van der Waals surface area contributed by atoms with E-state index in [1.807, 2.05) is 18.2 Å². The minimum Gasteiger partial charge on any atom is -0.310 e. The average Bonchev–Trinajstić information content (AvgIpc) is 3.73. The molecule has 6 aromatic carbocycles. The van der Waals surface area contributed by atoms with Gasteiger partial charge in [-0.2, -0.15) is 0 Å². The fourth-order valence-corrected chi connectivity index (χ4v) is 9.57. The van der Waals surface area contributed by atoms with Crippen LogP contribution in [0.5, 0.6) is 0 Å². The van der Waals surface area contributed by atoms with Gasteiger partial charge in [-0.1, -0.05) is 94.4 Å². The van der Waals surface area contributed by atoms with E-state index in [0.29, 0.717) is 5.69 Å². The van der Waals surface area contributed by atoms with Gasteiger partial charge >= 0.3 is 0 Å². The lowest BCUT2D eigenvalue weighted by Crippen LogP contribution is -2.33. The first-order valence-corrected chi connectivity index (χ1v) is 19.5. The van der Waals surface area contributed by atoms with Crippen LogP contribution in [0.4, 0.5) is 22.0 Å². The standard InChI is InChI=1S/C50H39F5N2/c1-49(2)23-24-50(3,4)38-27-32(19-20-37(38)49)57-40-12-8-6-10-34(40)36-26-30(16-22-42(36)57)29-15-21-41-35(25-29)33-9-5-7-11-39(33)56(41)31-17-13-28(14-18-31)43-44(51)46(53)48(55)47(54)45(43)52/h5-22,26-27,29H,23-25H2,1-4H3. The van der Waals surface area contributed by atoms with Crippen molar-refractivity contribution in [2.45, 2.75) is 63.7 Å². The number of nitrogens with zero attached hydrogens (tertiary/aromatic N) is 2. The van der Waals surface area contributed by atoms with Crippen molar-refractivity contribution in [2.24, 2.45) is 0 Å². The molecule has 1 unspecified atom stereocenters. The van der Waals surface area contributed by atoms with Gasteiger partial charge in [0, 0.05) is 39.1 Å². The van der Waals surface area contributed by atoms with Gasteiger partial charge in [-0.05, 0) is 113 Å². The largest absolute Gasteiger partial charge is 0.310 e. The highest BCUT2D eigenvalue weighted by atomic mass is 19.2. The molecule has 7 heteroatoms. The lowest BCUT2D eigenvalue weighted by Gasteiger charge is -2.42. The molecule has 0 aliphatic heterocycles. The number of benzene rings is 6. The highest BCUT2D eigenvalue weighted by Crippen LogP contribution is 2.47. The molecule has 2 aromatic heterocycles. The Morgan fingerprint density at radius 1 is 0.526 bits per heavy atom. The molecule has 0 spiro atoms. The molecule has 0 amide bonds. The van der Waals surface area contributed by atoms with Crippen molar-refractivity contribution in [3.63, 3.8) is 0 Å². The third-order valence-electron chi connectivity index (χ3n) is 12.8. The van der Waals surface area contributed by atoms with Gasteiger partial charge in [-0.25, -0.2) is 22.0 Å². The highest BCUT2D eigenvalue weighted by molar-refractivity contribution is 6.09. The molecule has 284 valence electrons. The molecule has 2 heterocycles. The van der Waals surface area contributed by atoms with Gasteiger partial charge in [0.05, 0.1) is 22.1 Å².